The smallest absolute Gasteiger partial charge is 0.268 e. The summed E-state index contributed by atoms with van der Waals surface area (Å²) >= 11 is 6.09. The first-order valence-corrected chi connectivity index (χ1v) is 8.59. The summed E-state index contributed by atoms with van der Waals surface area (Å²) in [5.41, 5.74) is -0.415. The number of hydrogen-bond acceptors (Lipinski definition) is 5. The number of non-ortho nitro benzene ring substituents is 1. The fraction of sp³-hybridized carbons (Fsp3) is 0.0588. The molecular weight excluding hydrogens is 401 g/mol. The Morgan fingerprint density at radius 1 is 1.15 bits per heavy atom. The van der Waals surface area contributed by atoms with Gasteiger partial charge in [-0.25, -0.2) is 0 Å². The number of thiocarbonyl (C=S) groups is 1. The zero-order valence-electron chi connectivity index (χ0n) is 13.3. The molecule has 3 rings (SSSR count). The van der Waals surface area contributed by atoms with Crippen molar-refractivity contribution in [3.63, 3.8) is 0 Å². The molecule has 1 saturated heterocycles. The first-order chi connectivity index (χ1) is 12.7. The summed E-state index contributed by atoms with van der Waals surface area (Å²) in [7, 11) is 0. The Kier molecular flexibility index (Phi) is 5.03. The highest BCUT2D eigenvalue weighted by molar-refractivity contribution is 8.27. The SMILES string of the molecule is O=C1/C(=C/c2ccc([N+](=O)[O-])cc2)SC(=S)N1c1cccc(C(F)(F)F)c1. The molecule has 1 amide bonds. The number of nitro benzene ring substituents is 1. The van der Waals surface area contributed by atoms with Gasteiger partial charge in [0.15, 0.2) is 4.32 Å². The minimum absolute atomic E-state index is 0.0272. The largest absolute Gasteiger partial charge is 0.416 e. The molecule has 1 fully saturated rings. The van der Waals surface area contributed by atoms with E-state index in [-0.39, 0.29) is 20.6 Å². The third-order valence-electron chi connectivity index (χ3n) is 3.63. The maximum atomic E-state index is 12.9. The van der Waals surface area contributed by atoms with Crippen molar-refractivity contribution in [1.82, 2.24) is 0 Å². The van der Waals surface area contributed by atoms with Gasteiger partial charge in [-0.1, -0.05) is 30.0 Å². The Hall–Kier alpha value is -2.72. The molecule has 27 heavy (non-hydrogen) atoms. The Morgan fingerprint density at radius 3 is 2.41 bits per heavy atom. The van der Waals surface area contributed by atoms with Crippen LogP contribution in [0.4, 0.5) is 24.5 Å². The fourth-order valence-electron chi connectivity index (χ4n) is 2.36. The Balaban J connectivity index is 1.90. The van der Waals surface area contributed by atoms with Crippen molar-refractivity contribution in [2.24, 2.45) is 0 Å². The first kappa shape index (κ1) is 19.1. The number of hydrogen-bond donors (Lipinski definition) is 0. The average molecular weight is 410 g/mol. The number of thioether (sulfide) groups is 1. The number of rotatable bonds is 3. The summed E-state index contributed by atoms with van der Waals surface area (Å²) in [6.45, 7) is 0. The number of benzene rings is 2. The van der Waals surface area contributed by atoms with Crippen LogP contribution in [0.25, 0.3) is 6.08 Å². The van der Waals surface area contributed by atoms with Crippen molar-refractivity contribution in [3.05, 3.63) is 74.7 Å². The van der Waals surface area contributed by atoms with E-state index in [2.05, 4.69) is 0 Å². The minimum Gasteiger partial charge on any atom is -0.268 e. The van der Waals surface area contributed by atoms with Crippen LogP contribution >= 0.6 is 24.0 Å². The van der Waals surface area contributed by atoms with E-state index in [1.165, 1.54) is 42.5 Å². The highest BCUT2D eigenvalue weighted by atomic mass is 32.2. The van der Waals surface area contributed by atoms with Crippen molar-refractivity contribution in [2.45, 2.75) is 6.18 Å². The van der Waals surface area contributed by atoms with Crippen LogP contribution in [0.2, 0.25) is 0 Å². The van der Waals surface area contributed by atoms with Crippen LogP contribution in [0.1, 0.15) is 11.1 Å². The monoisotopic (exact) mass is 410 g/mol. The summed E-state index contributed by atoms with van der Waals surface area (Å²) in [5, 5.41) is 10.7. The van der Waals surface area contributed by atoms with Crippen LogP contribution < -0.4 is 4.90 Å². The summed E-state index contributed by atoms with van der Waals surface area (Å²) in [6.07, 6.45) is -3.05. The van der Waals surface area contributed by atoms with Gasteiger partial charge in [-0.15, -0.1) is 0 Å². The van der Waals surface area contributed by atoms with E-state index in [0.29, 0.717) is 5.56 Å². The van der Waals surface area contributed by atoms with Gasteiger partial charge in [0.05, 0.1) is 21.1 Å². The van der Waals surface area contributed by atoms with Crippen molar-refractivity contribution in [3.8, 4) is 0 Å². The standard InChI is InChI=1S/C17H9F3N2O3S2/c18-17(19,20)11-2-1-3-13(9-11)21-15(23)14(27-16(21)26)8-10-4-6-12(7-5-10)22(24)25/h1-9H/b14-8-. The van der Waals surface area contributed by atoms with Gasteiger partial charge in [-0.2, -0.15) is 13.2 Å². The second kappa shape index (κ2) is 7.12. The summed E-state index contributed by atoms with van der Waals surface area (Å²) in [6, 6.07) is 9.86. The molecule has 0 spiro atoms. The molecule has 0 N–H and O–H groups in total. The van der Waals surface area contributed by atoms with E-state index in [9.17, 15) is 28.1 Å². The van der Waals surface area contributed by atoms with Crippen molar-refractivity contribution in [1.29, 1.82) is 0 Å². The lowest BCUT2D eigenvalue weighted by atomic mass is 10.1. The maximum absolute atomic E-state index is 12.9. The number of anilines is 1. The van der Waals surface area contributed by atoms with Crippen molar-refractivity contribution < 1.29 is 22.9 Å². The topological polar surface area (TPSA) is 63.4 Å². The van der Waals surface area contributed by atoms with E-state index in [4.69, 9.17) is 12.2 Å². The number of halogens is 3. The molecule has 5 nitrogen and oxygen atoms in total. The number of nitrogens with zero attached hydrogens (tertiary/aromatic N) is 2. The van der Waals surface area contributed by atoms with Gasteiger partial charge >= 0.3 is 6.18 Å². The molecular formula is C17H9F3N2O3S2. The van der Waals surface area contributed by atoms with Gasteiger partial charge in [0.1, 0.15) is 0 Å². The lowest BCUT2D eigenvalue weighted by molar-refractivity contribution is -0.384. The van der Waals surface area contributed by atoms with Crippen LogP contribution in [0.15, 0.2) is 53.4 Å². The van der Waals surface area contributed by atoms with E-state index in [1.54, 1.807) is 0 Å². The van der Waals surface area contributed by atoms with Crippen molar-refractivity contribution in [2.75, 3.05) is 4.90 Å². The lowest BCUT2D eigenvalue weighted by Crippen LogP contribution is -2.27. The second-order valence-electron chi connectivity index (χ2n) is 5.41. The van der Waals surface area contributed by atoms with Gasteiger partial charge in [0.25, 0.3) is 11.6 Å². The second-order valence-corrected chi connectivity index (χ2v) is 7.09. The summed E-state index contributed by atoms with van der Waals surface area (Å²) in [5.74, 6) is -0.553. The molecule has 1 aliphatic heterocycles. The summed E-state index contributed by atoms with van der Waals surface area (Å²) < 4.78 is 38.8. The zero-order valence-corrected chi connectivity index (χ0v) is 14.9. The molecule has 2 aromatic carbocycles. The van der Waals surface area contributed by atoms with Crippen LogP contribution in [0.3, 0.4) is 0 Å². The number of nitro groups is 1. The van der Waals surface area contributed by atoms with Gasteiger partial charge in [0, 0.05) is 12.1 Å². The predicted octanol–water partition coefficient (Wildman–Crippen LogP) is 5.02. The van der Waals surface area contributed by atoms with Crippen LogP contribution in [-0.4, -0.2) is 15.2 Å². The molecule has 0 saturated carbocycles. The third-order valence-corrected chi connectivity index (χ3v) is 4.93. The van der Waals surface area contributed by atoms with Crippen LogP contribution in [0.5, 0.6) is 0 Å². The third kappa shape index (κ3) is 4.01. The molecule has 0 atom stereocenters. The molecule has 2 aromatic rings. The molecule has 0 radical (unpaired) electrons. The van der Waals surface area contributed by atoms with Gasteiger partial charge in [0.2, 0.25) is 0 Å². The lowest BCUT2D eigenvalue weighted by Gasteiger charge is -2.16. The Bertz CT molecular complexity index is 972. The van der Waals surface area contributed by atoms with E-state index in [0.717, 1.165) is 28.8 Å². The first-order valence-electron chi connectivity index (χ1n) is 7.36. The normalized spacial score (nSPS) is 16.3. The summed E-state index contributed by atoms with van der Waals surface area (Å²) in [4.78, 5) is 24.0. The number of carbonyl (C=O) groups excluding carboxylic acids is 1. The van der Waals surface area contributed by atoms with E-state index >= 15 is 0 Å². The Morgan fingerprint density at radius 2 is 1.81 bits per heavy atom. The minimum atomic E-state index is -4.54. The van der Waals surface area contributed by atoms with Crippen LogP contribution in [-0.2, 0) is 11.0 Å². The molecule has 138 valence electrons. The van der Waals surface area contributed by atoms with Crippen molar-refractivity contribution >= 4 is 51.7 Å². The number of alkyl halides is 3. The van der Waals surface area contributed by atoms with E-state index in [1.807, 2.05) is 0 Å². The molecule has 1 heterocycles. The number of carbonyl (C=O) groups is 1. The fourth-order valence-corrected chi connectivity index (χ4v) is 3.65. The van der Waals surface area contributed by atoms with Gasteiger partial charge < -0.3 is 0 Å². The van der Waals surface area contributed by atoms with Gasteiger partial charge in [-0.05, 0) is 42.0 Å². The quantitative estimate of drug-likeness (QED) is 0.308. The molecule has 0 aromatic heterocycles. The average Bonchev–Trinajstić information content (AvgIpc) is 2.88. The van der Waals surface area contributed by atoms with E-state index < -0.39 is 22.6 Å². The van der Waals surface area contributed by atoms with Crippen LogP contribution in [0, 0.1) is 10.1 Å². The number of amides is 1. The molecule has 0 aliphatic carbocycles. The molecule has 0 unspecified atom stereocenters. The zero-order chi connectivity index (χ0) is 19.8. The highest BCUT2D eigenvalue weighted by Crippen LogP contribution is 2.38. The molecule has 10 heteroatoms. The predicted molar refractivity (Wildman–Crippen MR) is 100 cm³/mol. The van der Waals surface area contributed by atoms with Gasteiger partial charge in [-0.3, -0.25) is 19.8 Å². The molecule has 1 aliphatic rings. The highest BCUT2D eigenvalue weighted by Gasteiger charge is 2.36. The molecule has 0 bridgehead atoms. The Labute approximate surface area is 160 Å². The maximum Gasteiger partial charge on any atom is 0.416 e.